The van der Waals surface area contributed by atoms with Crippen LogP contribution in [0.5, 0.6) is 17.2 Å². The second-order valence-corrected chi connectivity index (χ2v) is 6.78. The first-order chi connectivity index (χ1) is 14.6. The minimum absolute atomic E-state index is 0.0944. The van der Waals surface area contributed by atoms with Crippen molar-refractivity contribution in [3.05, 3.63) is 18.5 Å². The number of benzene rings is 1. The summed E-state index contributed by atoms with van der Waals surface area (Å²) in [6.07, 6.45) is 1.50. The van der Waals surface area contributed by atoms with Gasteiger partial charge in [0, 0.05) is 37.5 Å². The molecule has 0 spiro atoms. The van der Waals surface area contributed by atoms with E-state index in [0.29, 0.717) is 59.6 Å². The zero-order valence-electron chi connectivity index (χ0n) is 17.2. The molecule has 0 aliphatic carbocycles. The number of hydrogen-bond acceptors (Lipinski definition) is 9. The molecule has 11 heteroatoms. The molecule has 1 fully saturated rings. The predicted octanol–water partition coefficient (Wildman–Crippen LogP) is 1.34. The van der Waals surface area contributed by atoms with E-state index in [1.165, 1.54) is 27.7 Å². The molecule has 1 saturated heterocycles. The summed E-state index contributed by atoms with van der Waals surface area (Å²) < 4.78 is 17.7. The van der Waals surface area contributed by atoms with Gasteiger partial charge in [0.25, 0.3) is 0 Å². The molecule has 0 bridgehead atoms. The maximum absolute atomic E-state index is 12.7. The Hall–Kier alpha value is -3.63. The first-order valence-corrected chi connectivity index (χ1v) is 9.49. The van der Waals surface area contributed by atoms with Gasteiger partial charge in [0.05, 0.1) is 27.2 Å². The highest BCUT2D eigenvalue weighted by atomic mass is 16.5. The molecule has 1 N–H and O–H groups in total. The summed E-state index contributed by atoms with van der Waals surface area (Å²) in [5.41, 5.74) is 1.90. The molecule has 30 heavy (non-hydrogen) atoms. The number of rotatable bonds is 7. The number of hydrogen-bond donors (Lipinski definition) is 1. The van der Waals surface area contributed by atoms with E-state index in [-0.39, 0.29) is 11.8 Å². The molecule has 1 aromatic carbocycles. The van der Waals surface area contributed by atoms with Crippen molar-refractivity contribution in [3.8, 4) is 17.2 Å². The predicted molar refractivity (Wildman–Crippen MR) is 109 cm³/mol. The fourth-order valence-electron chi connectivity index (χ4n) is 3.44. The molecule has 2 aromatic heterocycles. The summed E-state index contributed by atoms with van der Waals surface area (Å²) in [5, 5.41) is 11.2. The number of methoxy groups -OCH3 is 3. The van der Waals surface area contributed by atoms with Crippen LogP contribution in [0.2, 0.25) is 0 Å². The lowest BCUT2D eigenvalue weighted by Gasteiger charge is -2.38. The monoisotopic (exact) mass is 413 g/mol. The largest absolute Gasteiger partial charge is 0.493 e. The Labute approximate surface area is 172 Å². The molecule has 3 heterocycles. The van der Waals surface area contributed by atoms with Gasteiger partial charge in [0.15, 0.2) is 28.5 Å². The van der Waals surface area contributed by atoms with Crippen molar-refractivity contribution in [1.29, 1.82) is 0 Å². The Morgan fingerprint density at radius 1 is 1.13 bits per heavy atom. The van der Waals surface area contributed by atoms with Gasteiger partial charge in [-0.3, -0.25) is 4.79 Å². The Bertz CT molecular complexity index is 1050. The molecule has 1 aliphatic heterocycles. The van der Waals surface area contributed by atoms with Gasteiger partial charge in [-0.05, 0) is 6.92 Å². The standard InChI is InChI=1S/C19H23N7O4/c1-5-26-18-15(23-24-26)17(20-10-21-18)25-8-11(9-25)19(27)22-12-6-13(28-2)16(30-4)14(7-12)29-3/h6-7,10-11H,5,8-9H2,1-4H3,(H,22,27). The number of fused-ring (bicyclic) bond motifs is 1. The van der Waals surface area contributed by atoms with Crippen LogP contribution in [0, 0.1) is 5.92 Å². The SMILES string of the molecule is CCn1nnc2c(N3CC(C(=O)Nc4cc(OC)c(OC)c(OC)c4)C3)ncnc21. The molecule has 0 radical (unpaired) electrons. The van der Waals surface area contributed by atoms with E-state index in [0.717, 1.165) is 0 Å². The van der Waals surface area contributed by atoms with Gasteiger partial charge in [-0.25, -0.2) is 14.6 Å². The second-order valence-electron chi connectivity index (χ2n) is 6.78. The van der Waals surface area contributed by atoms with Crippen LogP contribution in [-0.2, 0) is 11.3 Å². The first kappa shape index (κ1) is 19.7. The molecular weight excluding hydrogens is 390 g/mol. The fraction of sp³-hybridized carbons (Fsp3) is 0.421. The topological polar surface area (TPSA) is 117 Å². The number of ether oxygens (including phenoxy) is 3. The van der Waals surface area contributed by atoms with Crippen LogP contribution in [0.25, 0.3) is 11.2 Å². The Kier molecular flexibility index (Phi) is 5.25. The summed E-state index contributed by atoms with van der Waals surface area (Å²) >= 11 is 0. The van der Waals surface area contributed by atoms with Crippen LogP contribution in [0.15, 0.2) is 18.5 Å². The second kappa shape index (κ2) is 8.01. The quantitative estimate of drug-likeness (QED) is 0.612. The summed E-state index contributed by atoms with van der Waals surface area (Å²) in [6, 6.07) is 3.40. The number of aromatic nitrogens is 5. The van der Waals surface area contributed by atoms with Crippen molar-refractivity contribution in [3.63, 3.8) is 0 Å². The molecule has 3 aromatic rings. The zero-order chi connectivity index (χ0) is 21.3. The zero-order valence-corrected chi connectivity index (χ0v) is 17.2. The molecule has 1 amide bonds. The van der Waals surface area contributed by atoms with Crippen molar-refractivity contribution in [1.82, 2.24) is 25.0 Å². The Balaban J connectivity index is 1.46. The van der Waals surface area contributed by atoms with Crippen LogP contribution < -0.4 is 24.4 Å². The highest BCUT2D eigenvalue weighted by Gasteiger charge is 2.35. The van der Waals surface area contributed by atoms with Crippen LogP contribution in [-0.4, -0.2) is 65.3 Å². The van der Waals surface area contributed by atoms with Gasteiger partial charge in [0.2, 0.25) is 11.7 Å². The van der Waals surface area contributed by atoms with E-state index in [1.807, 2.05) is 11.8 Å². The van der Waals surface area contributed by atoms with E-state index in [1.54, 1.807) is 16.8 Å². The number of carbonyl (C=O) groups excluding carboxylic acids is 1. The summed E-state index contributed by atoms with van der Waals surface area (Å²) in [6.45, 7) is 3.71. The lowest BCUT2D eigenvalue weighted by Crippen LogP contribution is -2.52. The molecule has 11 nitrogen and oxygen atoms in total. The normalized spacial score (nSPS) is 13.8. The van der Waals surface area contributed by atoms with E-state index in [2.05, 4.69) is 25.6 Å². The van der Waals surface area contributed by atoms with Crippen molar-refractivity contribution in [2.75, 3.05) is 44.6 Å². The van der Waals surface area contributed by atoms with Crippen LogP contribution in [0.1, 0.15) is 6.92 Å². The third kappa shape index (κ3) is 3.31. The van der Waals surface area contributed by atoms with Crippen LogP contribution >= 0.6 is 0 Å². The van der Waals surface area contributed by atoms with Gasteiger partial charge in [-0.2, -0.15) is 0 Å². The van der Waals surface area contributed by atoms with E-state index < -0.39 is 0 Å². The summed E-state index contributed by atoms with van der Waals surface area (Å²) in [4.78, 5) is 23.3. The number of nitrogens with one attached hydrogen (secondary N) is 1. The van der Waals surface area contributed by atoms with Gasteiger partial charge in [-0.1, -0.05) is 5.21 Å². The lowest BCUT2D eigenvalue weighted by atomic mass is 9.99. The Morgan fingerprint density at radius 3 is 2.43 bits per heavy atom. The Morgan fingerprint density at radius 2 is 1.83 bits per heavy atom. The molecule has 0 unspecified atom stereocenters. The third-order valence-electron chi connectivity index (χ3n) is 5.06. The minimum atomic E-state index is -0.185. The average Bonchev–Trinajstić information content (AvgIpc) is 3.15. The van der Waals surface area contributed by atoms with Crippen molar-refractivity contribution in [2.24, 2.45) is 5.92 Å². The van der Waals surface area contributed by atoms with Crippen LogP contribution in [0.3, 0.4) is 0 Å². The number of aryl methyl sites for hydroxylation is 1. The van der Waals surface area contributed by atoms with Gasteiger partial charge in [0.1, 0.15) is 6.33 Å². The summed E-state index contributed by atoms with van der Waals surface area (Å²) in [5.74, 6) is 1.84. The van der Waals surface area contributed by atoms with Crippen molar-refractivity contribution >= 4 is 28.6 Å². The maximum atomic E-state index is 12.7. The van der Waals surface area contributed by atoms with Crippen molar-refractivity contribution < 1.29 is 19.0 Å². The van der Waals surface area contributed by atoms with Crippen LogP contribution in [0.4, 0.5) is 11.5 Å². The molecule has 4 rings (SSSR count). The average molecular weight is 413 g/mol. The number of anilines is 2. The fourth-order valence-corrected chi connectivity index (χ4v) is 3.44. The smallest absolute Gasteiger partial charge is 0.231 e. The number of carbonyl (C=O) groups is 1. The number of amides is 1. The maximum Gasteiger partial charge on any atom is 0.231 e. The molecule has 0 atom stereocenters. The molecule has 1 aliphatic rings. The summed E-state index contributed by atoms with van der Waals surface area (Å²) in [7, 11) is 4.60. The third-order valence-corrected chi connectivity index (χ3v) is 5.06. The number of nitrogens with zero attached hydrogens (tertiary/aromatic N) is 6. The first-order valence-electron chi connectivity index (χ1n) is 9.49. The lowest BCUT2D eigenvalue weighted by molar-refractivity contribution is -0.120. The van der Waals surface area contributed by atoms with E-state index in [4.69, 9.17) is 14.2 Å². The highest BCUT2D eigenvalue weighted by molar-refractivity contribution is 5.95. The highest BCUT2D eigenvalue weighted by Crippen LogP contribution is 2.40. The molecular formula is C19H23N7O4. The van der Waals surface area contributed by atoms with Gasteiger partial charge in [-0.15, -0.1) is 5.10 Å². The van der Waals surface area contributed by atoms with E-state index in [9.17, 15) is 4.79 Å². The molecule has 0 saturated carbocycles. The minimum Gasteiger partial charge on any atom is -0.493 e. The van der Waals surface area contributed by atoms with Gasteiger partial charge >= 0.3 is 0 Å². The van der Waals surface area contributed by atoms with Crippen molar-refractivity contribution in [2.45, 2.75) is 13.5 Å². The molecule has 158 valence electrons. The van der Waals surface area contributed by atoms with Gasteiger partial charge < -0.3 is 24.4 Å². The van der Waals surface area contributed by atoms with E-state index >= 15 is 0 Å².